The van der Waals surface area contributed by atoms with E-state index in [9.17, 15) is 13.2 Å². The molecule has 0 aliphatic carbocycles. The van der Waals surface area contributed by atoms with Crippen LogP contribution in [-0.2, 0) is 10.0 Å². The maximum Gasteiger partial charge on any atom is 0.241 e. The highest BCUT2D eigenvalue weighted by atomic mass is 79.9. The number of hydrogen-bond acceptors (Lipinski definition) is 4. The molecule has 3 aromatic carbocycles. The molecule has 3 rings (SSSR count). The predicted molar refractivity (Wildman–Crippen MR) is 121 cm³/mol. The molecule has 0 heterocycles. The summed E-state index contributed by atoms with van der Waals surface area (Å²) in [5, 5.41) is 0. The van der Waals surface area contributed by atoms with Crippen molar-refractivity contribution >= 4 is 31.7 Å². The zero-order valence-corrected chi connectivity index (χ0v) is 19.0. The first-order valence-electron chi connectivity index (χ1n) is 9.28. The maximum absolute atomic E-state index is 13.0. The molecule has 0 unspecified atom stereocenters. The molecular weight excluding hydrogens is 466 g/mol. The Balaban J connectivity index is 1.98. The fourth-order valence-electron chi connectivity index (χ4n) is 2.97. The minimum absolute atomic E-state index is 0.137. The number of methoxy groups -OCH3 is 1. The van der Waals surface area contributed by atoms with Gasteiger partial charge in [-0.1, -0.05) is 76.1 Å². The summed E-state index contributed by atoms with van der Waals surface area (Å²) in [6, 6.07) is 21.5. The van der Waals surface area contributed by atoms with Crippen molar-refractivity contribution in [2.45, 2.75) is 22.7 Å². The third-order valence-electron chi connectivity index (χ3n) is 4.69. The first-order chi connectivity index (χ1) is 14.3. The van der Waals surface area contributed by atoms with Gasteiger partial charge in [-0.15, -0.1) is 0 Å². The second-order valence-corrected chi connectivity index (χ2v) is 9.52. The van der Waals surface area contributed by atoms with Crippen LogP contribution in [-0.4, -0.2) is 26.1 Å². The second-order valence-electron chi connectivity index (χ2n) is 6.82. The van der Waals surface area contributed by atoms with E-state index in [0.29, 0.717) is 16.9 Å². The van der Waals surface area contributed by atoms with Crippen LogP contribution in [0.15, 0.2) is 83.8 Å². The number of hydrogen-bond donors (Lipinski definition) is 1. The molecule has 7 heteroatoms. The highest BCUT2D eigenvalue weighted by molar-refractivity contribution is 9.10. The van der Waals surface area contributed by atoms with E-state index in [2.05, 4.69) is 20.7 Å². The third kappa shape index (κ3) is 5.16. The summed E-state index contributed by atoms with van der Waals surface area (Å²) in [6.45, 7) is 1.89. The molecule has 5 nitrogen and oxygen atoms in total. The van der Waals surface area contributed by atoms with Crippen molar-refractivity contribution in [1.82, 2.24) is 4.72 Å². The number of ether oxygens (including phenoxy) is 1. The van der Waals surface area contributed by atoms with Crippen molar-refractivity contribution in [2.75, 3.05) is 7.11 Å². The van der Waals surface area contributed by atoms with Gasteiger partial charge in [0.1, 0.15) is 5.75 Å². The van der Waals surface area contributed by atoms with Crippen LogP contribution in [0.4, 0.5) is 0 Å². The second kappa shape index (κ2) is 9.55. The van der Waals surface area contributed by atoms with E-state index in [4.69, 9.17) is 4.74 Å². The summed E-state index contributed by atoms with van der Waals surface area (Å²) in [5.41, 5.74) is 2.09. The van der Waals surface area contributed by atoms with Gasteiger partial charge in [-0.2, -0.15) is 0 Å². The minimum atomic E-state index is -3.86. The molecule has 0 saturated heterocycles. The normalized spacial score (nSPS) is 13.4. The van der Waals surface area contributed by atoms with Gasteiger partial charge in [-0.3, -0.25) is 4.79 Å². The number of benzene rings is 3. The SMILES string of the molecule is COc1ccc([C@H](NS(=O)(=O)c2ccc(C)cc2)[C@H](Br)C(=O)c2ccccc2)cc1. The Hall–Kier alpha value is -2.48. The fraction of sp³-hybridized carbons (Fsp3) is 0.174. The van der Waals surface area contributed by atoms with E-state index in [1.54, 1.807) is 79.9 Å². The van der Waals surface area contributed by atoms with Crippen molar-refractivity contribution in [3.63, 3.8) is 0 Å². The van der Waals surface area contributed by atoms with Gasteiger partial charge in [-0.25, -0.2) is 13.1 Å². The molecule has 0 fully saturated rings. The van der Waals surface area contributed by atoms with Crippen molar-refractivity contribution in [3.8, 4) is 5.75 Å². The molecule has 0 radical (unpaired) electrons. The lowest BCUT2D eigenvalue weighted by Gasteiger charge is -2.24. The van der Waals surface area contributed by atoms with Gasteiger partial charge in [0.05, 0.1) is 22.9 Å². The zero-order chi connectivity index (χ0) is 21.7. The Morgan fingerprint density at radius 3 is 2.10 bits per heavy atom. The van der Waals surface area contributed by atoms with Crippen molar-refractivity contribution in [2.24, 2.45) is 0 Å². The molecule has 0 amide bonds. The average Bonchev–Trinajstić information content (AvgIpc) is 2.77. The number of Topliss-reactive ketones (excluding diaryl/α,β-unsaturated/α-hetero) is 1. The molecule has 0 aliphatic heterocycles. The number of alkyl halides is 1. The topological polar surface area (TPSA) is 72.5 Å². The Morgan fingerprint density at radius 2 is 1.53 bits per heavy atom. The summed E-state index contributed by atoms with van der Waals surface area (Å²) >= 11 is 3.45. The van der Waals surface area contributed by atoms with E-state index >= 15 is 0 Å². The molecule has 0 bridgehead atoms. The van der Waals surface area contributed by atoms with Crippen molar-refractivity contribution in [3.05, 3.63) is 95.6 Å². The Labute approximate surface area is 185 Å². The third-order valence-corrected chi connectivity index (χ3v) is 7.09. The predicted octanol–water partition coefficient (Wildman–Crippen LogP) is 4.67. The molecule has 3 aromatic rings. The van der Waals surface area contributed by atoms with Gasteiger partial charge < -0.3 is 4.74 Å². The molecule has 1 N–H and O–H groups in total. The molecule has 30 heavy (non-hydrogen) atoms. The number of nitrogens with one attached hydrogen (secondary N) is 1. The number of carbonyl (C=O) groups excluding carboxylic acids is 1. The quantitative estimate of drug-likeness (QED) is 0.370. The lowest BCUT2D eigenvalue weighted by molar-refractivity contribution is 0.0982. The Morgan fingerprint density at radius 1 is 0.933 bits per heavy atom. The van der Waals surface area contributed by atoms with E-state index in [1.807, 2.05) is 13.0 Å². The van der Waals surface area contributed by atoms with Gasteiger partial charge in [0, 0.05) is 5.56 Å². The van der Waals surface area contributed by atoms with Crippen molar-refractivity contribution in [1.29, 1.82) is 0 Å². The monoisotopic (exact) mass is 487 g/mol. The van der Waals surface area contributed by atoms with Crippen LogP contribution in [0.25, 0.3) is 0 Å². The smallest absolute Gasteiger partial charge is 0.241 e. The van der Waals surface area contributed by atoms with Gasteiger partial charge in [0.2, 0.25) is 10.0 Å². The lowest BCUT2D eigenvalue weighted by atomic mass is 9.98. The van der Waals surface area contributed by atoms with Crippen LogP contribution >= 0.6 is 15.9 Å². The van der Waals surface area contributed by atoms with E-state index in [0.717, 1.165) is 5.56 Å². The number of sulfonamides is 1. The molecule has 2 atom stereocenters. The number of carbonyl (C=O) groups is 1. The number of halogens is 1. The first-order valence-corrected chi connectivity index (χ1v) is 11.7. The Bertz CT molecular complexity index is 1100. The van der Waals surface area contributed by atoms with Gasteiger partial charge >= 0.3 is 0 Å². The van der Waals surface area contributed by atoms with Crippen LogP contribution in [0.3, 0.4) is 0 Å². The van der Waals surface area contributed by atoms with Crippen LogP contribution in [0.5, 0.6) is 5.75 Å². The highest BCUT2D eigenvalue weighted by Crippen LogP contribution is 2.29. The van der Waals surface area contributed by atoms with Crippen LogP contribution in [0.1, 0.15) is 27.5 Å². The fourth-order valence-corrected chi connectivity index (χ4v) is 5.09. The number of aryl methyl sites for hydroxylation is 1. The summed E-state index contributed by atoms with van der Waals surface area (Å²) in [7, 11) is -2.31. The molecule has 0 spiro atoms. The van der Waals surface area contributed by atoms with Crippen LogP contribution < -0.4 is 9.46 Å². The van der Waals surface area contributed by atoms with E-state index in [-0.39, 0.29) is 10.7 Å². The molecule has 0 saturated carbocycles. The maximum atomic E-state index is 13.0. The van der Waals surface area contributed by atoms with Gasteiger partial charge in [-0.05, 0) is 36.8 Å². The van der Waals surface area contributed by atoms with Gasteiger partial charge in [0.25, 0.3) is 0 Å². The average molecular weight is 488 g/mol. The number of rotatable bonds is 8. The Kier molecular flexibility index (Phi) is 7.07. The zero-order valence-electron chi connectivity index (χ0n) is 16.6. The number of ketones is 1. The first kappa shape index (κ1) is 22.2. The standard InChI is InChI=1S/C23H22BrNO4S/c1-16-8-14-20(15-9-16)30(27,28)25-22(17-10-12-19(29-2)13-11-17)21(24)23(26)18-6-4-3-5-7-18/h3-15,21-22,25H,1-2H3/t21-,22-/m0/s1. The van der Waals surface area contributed by atoms with E-state index in [1.165, 1.54) is 0 Å². The summed E-state index contributed by atoms with van der Waals surface area (Å²) < 4.78 is 34.0. The lowest BCUT2D eigenvalue weighted by Crippen LogP contribution is -2.37. The summed E-state index contributed by atoms with van der Waals surface area (Å²) in [4.78, 5) is 12.4. The summed E-state index contributed by atoms with van der Waals surface area (Å²) in [6.07, 6.45) is 0. The largest absolute Gasteiger partial charge is 0.497 e. The molecule has 0 aromatic heterocycles. The molecular formula is C23H22BrNO4S. The molecule has 156 valence electrons. The summed E-state index contributed by atoms with van der Waals surface area (Å²) in [5.74, 6) is 0.419. The van der Waals surface area contributed by atoms with Crippen LogP contribution in [0, 0.1) is 6.92 Å². The highest BCUT2D eigenvalue weighted by Gasteiger charge is 2.32. The van der Waals surface area contributed by atoms with Gasteiger partial charge in [0.15, 0.2) is 5.78 Å². The van der Waals surface area contributed by atoms with Crippen molar-refractivity contribution < 1.29 is 17.9 Å². The minimum Gasteiger partial charge on any atom is -0.497 e. The van der Waals surface area contributed by atoms with Crippen LogP contribution in [0.2, 0.25) is 0 Å². The van der Waals surface area contributed by atoms with E-state index < -0.39 is 20.9 Å². The molecule has 0 aliphatic rings.